The second kappa shape index (κ2) is 6.67. The fraction of sp³-hybridized carbons (Fsp3) is 0. The van der Waals surface area contributed by atoms with Gasteiger partial charge in [-0.2, -0.15) is 4.68 Å². The molecule has 3 aromatic heterocycles. The van der Waals surface area contributed by atoms with Crippen LogP contribution in [0.15, 0.2) is 67.1 Å². The summed E-state index contributed by atoms with van der Waals surface area (Å²) in [7, 11) is 0. The van der Waals surface area contributed by atoms with E-state index in [1.807, 2.05) is 42.6 Å². The van der Waals surface area contributed by atoms with Gasteiger partial charge in [0.2, 0.25) is 10.1 Å². The predicted octanol–water partition coefficient (Wildman–Crippen LogP) is 2.69. The topological polar surface area (TPSA) is 103 Å². The second-order valence-electron chi connectivity index (χ2n) is 5.85. The summed E-state index contributed by atoms with van der Waals surface area (Å²) < 4.78 is 3.10. The van der Waals surface area contributed by atoms with Crippen LogP contribution in [0.5, 0.6) is 0 Å². The van der Waals surface area contributed by atoms with Crippen molar-refractivity contribution in [1.29, 1.82) is 0 Å². The van der Waals surface area contributed by atoms with E-state index in [1.54, 1.807) is 22.7 Å². The van der Waals surface area contributed by atoms with Gasteiger partial charge in [0.05, 0.1) is 23.1 Å². The molecule has 0 saturated carbocycles. The molecule has 136 valence electrons. The highest BCUT2D eigenvalue weighted by Crippen LogP contribution is 2.25. The highest BCUT2D eigenvalue weighted by atomic mass is 32.1. The molecule has 0 spiro atoms. The van der Waals surface area contributed by atoms with Gasteiger partial charge in [-0.25, -0.2) is 9.50 Å². The zero-order valence-corrected chi connectivity index (χ0v) is 15.1. The molecule has 0 fully saturated rings. The summed E-state index contributed by atoms with van der Waals surface area (Å²) in [5.41, 5.74) is 2.87. The Morgan fingerprint density at radius 1 is 1.04 bits per heavy atom. The molecule has 0 saturated heterocycles. The molecule has 9 nitrogen and oxygen atoms in total. The number of para-hydroxylation sites is 1. The Bertz CT molecular complexity index is 1230. The first kappa shape index (κ1) is 16.3. The van der Waals surface area contributed by atoms with E-state index in [4.69, 9.17) is 0 Å². The Morgan fingerprint density at radius 3 is 2.64 bits per heavy atom. The number of fused-ring (bicyclic) bond motifs is 1. The van der Waals surface area contributed by atoms with Crippen LogP contribution in [0.4, 0.5) is 5.13 Å². The summed E-state index contributed by atoms with van der Waals surface area (Å²) in [6, 6.07) is 16.9. The van der Waals surface area contributed by atoms with Crippen molar-refractivity contribution < 1.29 is 4.79 Å². The highest BCUT2D eigenvalue weighted by molar-refractivity contribution is 7.20. The maximum Gasteiger partial charge on any atom is 0.259 e. The van der Waals surface area contributed by atoms with Crippen molar-refractivity contribution >= 4 is 27.3 Å². The van der Waals surface area contributed by atoms with E-state index in [-0.39, 0.29) is 5.91 Å². The number of nitrogens with one attached hydrogen (secondary N) is 1. The van der Waals surface area contributed by atoms with Gasteiger partial charge in [-0.05, 0) is 22.6 Å². The van der Waals surface area contributed by atoms with Crippen LogP contribution in [0.25, 0.3) is 21.9 Å². The third kappa shape index (κ3) is 2.91. The number of rotatable bonds is 4. The lowest BCUT2D eigenvalue weighted by Gasteiger charge is -2.07. The van der Waals surface area contributed by atoms with Crippen LogP contribution >= 0.6 is 11.3 Å². The van der Waals surface area contributed by atoms with Gasteiger partial charge in [-0.1, -0.05) is 53.8 Å². The third-order valence-corrected chi connectivity index (χ3v) is 4.92. The van der Waals surface area contributed by atoms with Gasteiger partial charge in [-0.3, -0.25) is 10.1 Å². The summed E-state index contributed by atoms with van der Waals surface area (Å²) in [6.07, 6.45) is 3.28. The summed E-state index contributed by atoms with van der Waals surface area (Å²) in [5, 5.41) is 18.8. The molecule has 5 rings (SSSR count). The van der Waals surface area contributed by atoms with Gasteiger partial charge in [0.15, 0.2) is 0 Å². The monoisotopic (exact) mass is 388 g/mol. The molecule has 0 bridgehead atoms. The summed E-state index contributed by atoms with van der Waals surface area (Å²) in [6.45, 7) is 0. The van der Waals surface area contributed by atoms with Gasteiger partial charge < -0.3 is 0 Å². The number of anilines is 1. The number of benzene rings is 2. The van der Waals surface area contributed by atoms with Crippen molar-refractivity contribution in [3.63, 3.8) is 0 Å². The van der Waals surface area contributed by atoms with Crippen molar-refractivity contribution in [2.45, 2.75) is 0 Å². The minimum Gasteiger partial charge on any atom is -0.296 e. The fourth-order valence-electron chi connectivity index (χ4n) is 2.80. The minimum atomic E-state index is -0.300. The van der Waals surface area contributed by atoms with Gasteiger partial charge in [-0.15, -0.1) is 10.2 Å². The molecule has 28 heavy (non-hydrogen) atoms. The average molecular weight is 388 g/mol. The third-order valence-electron chi connectivity index (χ3n) is 4.08. The van der Waals surface area contributed by atoms with Crippen LogP contribution in [0, 0.1) is 0 Å². The van der Waals surface area contributed by atoms with Crippen LogP contribution in [-0.2, 0) is 0 Å². The van der Waals surface area contributed by atoms with Gasteiger partial charge in [0, 0.05) is 5.56 Å². The Balaban J connectivity index is 1.42. The van der Waals surface area contributed by atoms with E-state index in [0.29, 0.717) is 21.3 Å². The molecule has 1 amide bonds. The Morgan fingerprint density at radius 2 is 1.86 bits per heavy atom. The highest BCUT2D eigenvalue weighted by Gasteiger charge is 2.16. The van der Waals surface area contributed by atoms with Gasteiger partial charge in [0.1, 0.15) is 6.33 Å². The number of hydrogen-bond acceptors (Lipinski definition) is 7. The minimum absolute atomic E-state index is 0.300. The number of hydrogen-bond donors (Lipinski definition) is 1. The van der Waals surface area contributed by atoms with E-state index in [9.17, 15) is 4.79 Å². The number of imidazole rings is 1. The van der Waals surface area contributed by atoms with Gasteiger partial charge in [0.25, 0.3) is 5.91 Å². The molecule has 2 aromatic carbocycles. The average Bonchev–Trinajstić information content (AvgIpc) is 3.45. The van der Waals surface area contributed by atoms with Crippen molar-refractivity contribution in [2.24, 2.45) is 0 Å². The van der Waals surface area contributed by atoms with Crippen LogP contribution in [0.1, 0.15) is 10.4 Å². The molecule has 0 atom stereocenters. The Labute approximate surface area is 162 Å². The Kier molecular flexibility index (Phi) is 3.87. The molecule has 1 N–H and O–H groups in total. The lowest BCUT2D eigenvalue weighted by atomic mass is 10.1. The summed E-state index contributed by atoms with van der Waals surface area (Å²) in [4.78, 5) is 18.0. The first-order chi connectivity index (χ1) is 13.8. The van der Waals surface area contributed by atoms with E-state index >= 15 is 0 Å². The molecule has 5 aromatic rings. The number of amides is 1. The quantitative estimate of drug-likeness (QED) is 0.508. The molecular weight excluding hydrogens is 376 g/mol. The first-order valence-corrected chi connectivity index (χ1v) is 9.15. The lowest BCUT2D eigenvalue weighted by molar-refractivity contribution is 0.102. The molecule has 3 heterocycles. The molecule has 0 aliphatic carbocycles. The molecule has 0 unspecified atom stereocenters. The first-order valence-electron chi connectivity index (χ1n) is 8.33. The zero-order chi connectivity index (χ0) is 18.9. The van der Waals surface area contributed by atoms with Crippen molar-refractivity contribution in [1.82, 2.24) is 34.8 Å². The molecule has 10 heteroatoms. The number of aromatic nitrogens is 7. The maximum absolute atomic E-state index is 12.8. The van der Waals surface area contributed by atoms with Crippen molar-refractivity contribution in [3.05, 3.63) is 72.7 Å². The maximum atomic E-state index is 12.8. The van der Waals surface area contributed by atoms with Crippen LogP contribution in [0.2, 0.25) is 0 Å². The number of carbonyl (C=O) groups excluding carboxylic acids is 1. The van der Waals surface area contributed by atoms with Gasteiger partial charge >= 0.3 is 0 Å². The van der Waals surface area contributed by atoms with E-state index in [1.165, 1.54) is 22.3 Å². The van der Waals surface area contributed by atoms with Crippen molar-refractivity contribution in [2.75, 3.05) is 5.32 Å². The van der Waals surface area contributed by atoms with Crippen LogP contribution < -0.4 is 5.32 Å². The van der Waals surface area contributed by atoms with E-state index in [0.717, 1.165) is 11.3 Å². The Hall–Kier alpha value is -3.92. The van der Waals surface area contributed by atoms with Crippen LogP contribution in [0.3, 0.4) is 0 Å². The normalized spacial score (nSPS) is 11.0. The molecule has 0 radical (unpaired) electrons. The number of carbonyl (C=O) groups is 1. The summed E-state index contributed by atoms with van der Waals surface area (Å²) in [5.74, 6) is -0.300. The predicted molar refractivity (Wildman–Crippen MR) is 103 cm³/mol. The largest absolute Gasteiger partial charge is 0.296 e. The van der Waals surface area contributed by atoms with Crippen LogP contribution in [-0.4, -0.2) is 40.7 Å². The van der Waals surface area contributed by atoms with Crippen molar-refractivity contribution in [3.8, 4) is 16.9 Å². The second-order valence-corrected chi connectivity index (χ2v) is 6.81. The SMILES string of the molecule is O=C(Nc1nn2cc(-c3ccccc3)nc2s1)c1ccccc1-n1cnnn1. The zero-order valence-electron chi connectivity index (χ0n) is 14.3. The van der Waals surface area contributed by atoms with E-state index in [2.05, 4.69) is 30.9 Å². The number of tetrazole rings is 1. The molecule has 0 aliphatic rings. The number of nitrogens with zero attached hydrogens (tertiary/aromatic N) is 7. The standard InChI is InChI=1S/C18H12N8OS/c27-16(13-8-4-5-9-15(13)26-11-19-23-24-26)21-17-22-25-10-14(20-18(25)28-17)12-6-2-1-3-7-12/h1-11H,(H,21,22,27). The lowest BCUT2D eigenvalue weighted by Crippen LogP contribution is -2.15. The van der Waals surface area contributed by atoms with E-state index < -0.39 is 0 Å². The molecular formula is C18H12N8OS. The molecule has 0 aliphatic heterocycles. The summed E-state index contributed by atoms with van der Waals surface area (Å²) >= 11 is 1.30. The smallest absolute Gasteiger partial charge is 0.259 e. The fourth-order valence-corrected chi connectivity index (χ4v) is 3.58.